The Kier molecular flexibility index (Phi) is 6.67. The molecule has 0 aromatic rings. The van der Waals surface area contributed by atoms with Crippen molar-refractivity contribution in [2.24, 2.45) is 0 Å². The largest absolute Gasteiger partial charge is 0.394 e. The highest BCUT2D eigenvalue weighted by Crippen LogP contribution is 2.10. The summed E-state index contributed by atoms with van der Waals surface area (Å²) in [6, 6.07) is -0.375. The van der Waals surface area contributed by atoms with Crippen molar-refractivity contribution in [1.82, 2.24) is 10.2 Å². The molecule has 1 fully saturated rings. The third kappa shape index (κ3) is 5.01. The summed E-state index contributed by atoms with van der Waals surface area (Å²) >= 11 is 0. The zero-order valence-electron chi connectivity index (χ0n) is 10.9. The number of nitrogens with zero attached hydrogens (tertiary/aromatic N) is 1. The Morgan fingerprint density at radius 1 is 1.56 bits per heavy atom. The summed E-state index contributed by atoms with van der Waals surface area (Å²) < 4.78 is 4.87. The van der Waals surface area contributed by atoms with Crippen molar-refractivity contribution in [3.63, 3.8) is 0 Å². The fourth-order valence-electron chi connectivity index (χ4n) is 1.98. The molecule has 18 heavy (non-hydrogen) atoms. The molecule has 0 bridgehead atoms. The van der Waals surface area contributed by atoms with E-state index in [0.717, 1.165) is 19.4 Å². The van der Waals surface area contributed by atoms with Crippen molar-refractivity contribution >= 4 is 11.8 Å². The summed E-state index contributed by atoms with van der Waals surface area (Å²) in [6.45, 7) is 1.33. The Hall–Kier alpha value is -1.14. The number of nitrogens with one attached hydrogen (secondary N) is 1. The lowest BCUT2D eigenvalue weighted by molar-refractivity contribution is -0.134. The van der Waals surface area contributed by atoms with Crippen LogP contribution in [-0.4, -0.2) is 61.3 Å². The predicted octanol–water partition coefficient (Wildman–Crippen LogP) is -0.487. The van der Waals surface area contributed by atoms with Gasteiger partial charge in [-0.05, 0) is 12.8 Å². The molecule has 1 aliphatic heterocycles. The van der Waals surface area contributed by atoms with Crippen molar-refractivity contribution in [3.8, 4) is 0 Å². The van der Waals surface area contributed by atoms with Crippen molar-refractivity contribution in [2.75, 3.05) is 33.4 Å². The molecule has 0 spiro atoms. The Balaban J connectivity index is 2.25. The summed E-state index contributed by atoms with van der Waals surface area (Å²) in [5, 5.41) is 11.7. The normalized spacial score (nSPS) is 17.7. The lowest BCUT2D eigenvalue weighted by Gasteiger charge is -2.26. The van der Waals surface area contributed by atoms with E-state index in [1.165, 1.54) is 7.11 Å². The molecule has 1 rings (SSSR count). The minimum Gasteiger partial charge on any atom is -0.394 e. The van der Waals surface area contributed by atoms with E-state index in [-0.39, 0.29) is 37.5 Å². The van der Waals surface area contributed by atoms with Crippen LogP contribution in [0.4, 0.5) is 0 Å². The highest BCUT2D eigenvalue weighted by molar-refractivity contribution is 5.79. The number of amides is 2. The summed E-state index contributed by atoms with van der Waals surface area (Å²) in [7, 11) is 1.52. The second kappa shape index (κ2) is 8.05. The molecular weight excluding hydrogens is 236 g/mol. The van der Waals surface area contributed by atoms with E-state index in [9.17, 15) is 9.59 Å². The lowest BCUT2D eigenvalue weighted by Crippen LogP contribution is -2.43. The highest BCUT2D eigenvalue weighted by atomic mass is 16.5. The first kappa shape index (κ1) is 14.9. The molecule has 0 radical (unpaired) electrons. The van der Waals surface area contributed by atoms with Crippen molar-refractivity contribution < 1.29 is 19.4 Å². The maximum atomic E-state index is 11.6. The van der Waals surface area contributed by atoms with E-state index in [1.54, 1.807) is 4.90 Å². The van der Waals surface area contributed by atoms with Crippen LogP contribution in [0.3, 0.4) is 0 Å². The fraction of sp³-hybridized carbons (Fsp3) is 0.833. The Labute approximate surface area is 107 Å². The number of rotatable bonds is 7. The third-order valence-electron chi connectivity index (χ3n) is 2.98. The van der Waals surface area contributed by atoms with Gasteiger partial charge < -0.3 is 20.1 Å². The predicted molar refractivity (Wildman–Crippen MR) is 65.9 cm³/mol. The smallest absolute Gasteiger partial charge is 0.222 e. The van der Waals surface area contributed by atoms with Crippen LogP contribution < -0.4 is 5.32 Å². The molecule has 6 nitrogen and oxygen atoms in total. The standard InChI is InChI=1S/C12H22N2O4/c1-18-9-10(8-15)13-11(16)5-7-14-6-3-2-4-12(14)17/h10,15H,2-9H2,1H3,(H,13,16)/t10-/m1/s1. The average molecular weight is 258 g/mol. The van der Waals surface area contributed by atoms with E-state index in [2.05, 4.69) is 5.32 Å². The number of aliphatic hydroxyl groups excluding tert-OH is 1. The molecule has 1 heterocycles. The van der Waals surface area contributed by atoms with Gasteiger partial charge in [0.1, 0.15) is 0 Å². The van der Waals surface area contributed by atoms with Gasteiger partial charge in [0.25, 0.3) is 0 Å². The second-order valence-corrected chi connectivity index (χ2v) is 4.49. The van der Waals surface area contributed by atoms with E-state index >= 15 is 0 Å². The van der Waals surface area contributed by atoms with Gasteiger partial charge in [-0.15, -0.1) is 0 Å². The topological polar surface area (TPSA) is 78.9 Å². The van der Waals surface area contributed by atoms with Crippen LogP contribution in [0.15, 0.2) is 0 Å². The fourth-order valence-corrected chi connectivity index (χ4v) is 1.98. The summed E-state index contributed by atoms with van der Waals surface area (Å²) in [5.41, 5.74) is 0. The van der Waals surface area contributed by atoms with Crippen LogP contribution >= 0.6 is 0 Å². The minimum absolute atomic E-state index is 0.129. The number of hydrogen-bond acceptors (Lipinski definition) is 4. The second-order valence-electron chi connectivity index (χ2n) is 4.49. The molecule has 1 atom stereocenters. The number of ether oxygens (including phenoxy) is 1. The monoisotopic (exact) mass is 258 g/mol. The molecule has 0 saturated carbocycles. The molecule has 0 unspecified atom stereocenters. The maximum Gasteiger partial charge on any atom is 0.222 e. The summed E-state index contributed by atoms with van der Waals surface area (Å²) in [6.07, 6.45) is 2.81. The molecule has 1 aliphatic rings. The van der Waals surface area contributed by atoms with Gasteiger partial charge in [0.05, 0.1) is 19.3 Å². The van der Waals surface area contributed by atoms with Crippen LogP contribution in [0.2, 0.25) is 0 Å². The molecule has 0 aromatic heterocycles. The van der Waals surface area contributed by atoms with Crippen LogP contribution in [0.1, 0.15) is 25.7 Å². The molecule has 2 amide bonds. The first-order valence-corrected chi connectivity index (χ1v) is 6.34. The van der Waals surface area contributed by atoms with Gasteiger partial charge in [-0.3, -0.25) is 9.59 Å². The van der Waals surface area contributed by atoms with Crippen molar-refractivity contribution in [1.29, 1.82) is 0 Å². The zero-order valence-corrected chi connectivity index (χ0v) is 10.9. The van der Waals surface area contributed by atoms with Crippen LogP contribution in [0.5, 0.6) is 0 Å². The number of aliphatic hydroxyl groups is 1. The van der Waals surface area contributed by atoms with Crippen LogP contribution in [0, 0.1) is 0 Å². The molecule has 1 saturated heterocycles. The molecule has 104 valence electrons. The Bertz CT molecular complexity index is 283. The van der Waals surface area contributed by atoms with Gasteiger partial charge >= 0.3 is 0 Å². The zero-order chi connectivity index (χ0) is 13.4. The SMILES string of the molecule is COC[C@@H](CO)NC(=O)CCN1CCCCC1=O. The van der Waals surface area contributed by atoms with Crippen molar-refractivity contribution in [3.05, 3.63) is 0 Å². The number of likely N-dealkylation sites (tertiary alicyclic amines) is 1. The third-order valence-corrected chi connectivity index (χ3v) is 2.98. The number of carbonyl (C=O) groups is 2. The minimum atomic E-state index is -0.375. The van der Waals surface area contributed by atoms with Gasteiger partial charge in [0, 0.05) is 33.0 Å². The number of carbonyl (C=O) groups excluding carboxylic acids is 2. The molecule has 2 N–H and O–H groups in total. The van der Waals surface area contributed by atoms with Gasteiger partial charge in [-0.25, -0.2) is 0 Å². The van der Waals surface area contributed by atoms with E-state index in [4.69, 9.17) is 9.84 Å². The van der Waals surface area contributed by atoms with Gasteiger partial charge in [0.2, 0.25) is 11.8 Å². The lowest BCUT2D eigenvalue weighted by atomic mass is 10.1. The maximum absolute atomic E-state index is 11.6. The average Bonchev–Trinajstić information content (AvgIpc) is 2.37. The van der Waals surface area contributed by atoms with Crippen LogP contribution in [-0.2, 0) is 14.3 Å². The number of hydrogen-bond donors (Lipinski definition) is 2. The Morgan fingerprint density at radius 2 is 2.33 bits per heavy atom. The number of piperidine rings is 1. The molecule has 6 heteroatoms. The summed E-state index contributed by atoms with van der Waals surface area (Å²) in [4.78, 5) is 24.9. The quantitative estimate of drug-likeness (QED) is 0.646. The van der Waals surface area contributed by atoms with Crippen molar-refractivity contribution in [2.45, 2.75) is 31.7 Å². The Morgan fingerprint density at radius 3 is 2.94 bits per heavy atom. The highest BCUT2D eigenvalue weighted by Gasteiger charge is 2.19. The number of methoxy groups -OCH3 is 1. The first-order chi connectivity index (χ1) is 8.67. The molecular formula is C12H22N2O4. The van der Waals surface area contributed by atoms with E-state index < -0.39 is 0 Å². The van der Waals surface area contributed by atoms with Gasteiger partial charge in [-0.2, -0.15) is 0 Å². The first-order valence-electron chi connectivity index (χ1n) is 6.34. The molecule has 0 aromatic carbocycles. The van der Waals surface area contributed by atoms with E-state index in [1.807, 2.05) is 0 Å². The van der Waals surface area contributed by atoms with E-state index in [0.29, 0.717) is 13.0 Å². The molecule has 0 aliphatic carbocycles. The van der Waals surface area contributed by atoms with Gasteiger partial charge in [0.15, 0.2) is 0 Å². The summed E-state index contributed by atoms with van der Waals surface area (Å²) in [5.74, 6) is -0.0332. The van der Waals surface area contributed by atoms with Gasteiger partial charge in [-0.1, -0.05) is 0 Å². The van der Waals surface area contributed by atoms with Crippen LogP contribution in [0.25, 0.3) is 0 Å².